The zero-order chi connectivity index (χ0) is 9.97. The minimum Gasteiger partial charge on any atom is -0.356 e. The SMILES string of the molecule is Cn1nnc(CC2CCCNC2=O)n1. The van der Waals surface area contributed by atoms with Crippen LogP contribution >= 0.6 is 0 Å². The zero-order valence-electron chi connectivity index (χ0n) is 8.10. The van der Waals surface area contributed by atoms with Gasteiger partial charge in [0.15, 0.2) is 5.82 Å². The second-order valence-electron chi connectivity index (χ2n) is 3.53. The van der Waals surface area contributed by atoms with Crippen molar-refractivity contribution < 1.29 is 4.79 Å². The summed E-state index contributed by atoms with van der Waals surface area (Å²) in [4.78, 5) is 12.8. The van der Waals surface area contributed by atoms with Crippen LogP contribution in [0.1, 0.15) is 18.7 Å². The fourth-order valence-corrected chi connectivity index (χ4v) is 1.66. The number of amides is 1. The Bertz CT molecular complexity index is 334. The third-order valence-corrected chi connectivity index (χ3v) is 2.38. The Balaban J connectivity index is 1.99. The summed E-state index contributed by atoms with van der Waals surface area (Å²) in [7, 11) is 1.72. The minimum absolute atomic E-state index is 0.0212. The van der Waals surface area contributed by atoms with Gasteiger partial charge in [0.25, 0.3) is 0 Å². The lowest BCUT2D eigenvalue weighted by molar-refractivity contribution is -0.126. The van der Waals surface area contributed by atoms with Crippen molar-refractivity contribution in [2.75, 3.05) is 6.54 Å². The lowest BCUT2D eigenvalue weighted by atomic mass is 9.95. The first-order valence-electron chi connectivity index (χ1n) is 4.76. The van der Waals surface area contributed by atoms with Gasteiger partial charge in [0.05, 0.1) is 7.05 Å². The van der Waals surface area contributed by atoms with Crippen molar-refractivity contribution in [2.24, 2.45) is 13.0 Å². The normalized spacial score (nSPS) is 22.1. The monoisotopic (exact) mass is 195 g/mol. The fourth-order valence-electron chi connectivity index (χ4n) is 1.66. The summed E-state index contributed by atoms with van der Waals surface area (Å²) in [6.45, 7) is 0.795. The first-order chi connectivity index (χ1) is 6.75. The van der Waals surface area contributed by atoms with Crippen LogP contribution < -0.4 is 5.32 Å². The maximum Gasteiger partial charge on any atom is 0.223 e. The van der Waals surface area contributed by atoms with Crippen LogP contribution in [0.3, 0.4) is 0 Å². The van der Waals surface area contributed by atoms with Crippen LogP contribution in [0, 0.1) is 5.92 Å². The highest BCUT2D eigenvalue weighted by Crippen LogP contribution is 2.14. The first-order valence-corrected chi connectivity index (χ1v) is 4.76. The molecule has 0 aliphatic carbocycles. The van der Waals surface area contributed by atoms with E-state index in [2.05, 4.69) is 20.7 Å². The number of aromatic nitrogens is 4. The van der Waals surface area contributed by atoms with Gasteiger partial charge in [0, 0.05) is 18.9 Å². The molecule has 2 rings (SSSR count). The van der Waals surface area contributed by atoms with Crippen molar-refractivity contribution in [1.82, 2.24) is 25.5 Å². The Morgan fingerprint density at radius 3 is 3.14 bits per heavy atom. The fraction of sp³-hybridized carbons (Fsp3) is 0.750. The van der Waals surface area contributed by atoms with E-state index in [-0.39, 0.29) is 11.8 Å². The molecule has 6 heteroatoms. The Morgan fingerprint density at radius 2 is 2.50 bits per heavy atom. The smallest absolute Gasteiger partial charge is 0.223 e. The number of aryl methyl sites for hydroxylation is 1. The van der Waals surface area contributed by atoms with E-state index in [1.165, 1.54) is 4.80 Å². The molecule has 1 N–H and O–H groups in total. The van der Waals surface area contributed by atoms with Crippen LogP contribution in [0.4, 0.5) is 0 Å². The molecule has 14 heavy (non-hydrogen) atoms. The molecule has 0 bridgehead atoms. The number of hydrogen-bond donors (Lipinski definition) is 1. The quantitative estimate of drug-likeness (QED) is 0.676. The van der Waals surface area contributed by atoms with E-state index in [9.17, 15) is 4.79 Å². The second-order valence-corrected chi connectivity index (χ2v) is 3.53. The van der Waals surface area contributed by atoms with Gasteiger partial charge in [-0.2, -0.15) is 4.80 Å². The Morgan fingerprint density at radius 1 is 1.64 bits per heavy atom. The number of carbonyl (C=O) groups is 1. The predicted molar refractivity (Wildman–Crippen MR) is 48.2 cm³/mol. The van der Waals surface area contributed by atoms with Crippen molar-refractivity contribution in [3.05, 3.63) is 5.82 Å². The molecule has 2 heterocycles. The summed E-state index contributed by atoms with van der Waals surface area (Å²) in [6.07, 6.45) is 2.56. The molecule has 0 radical (unpaired) electrons. The number of hydrogen-bond acceptors (Lipinski definition) is 4. The molecule has 0 spiro atoms. The van der Waals surface area contributed by atoms with Crippen molar-refractivity contribution in [1.29, 1.82) is 0 Å². The standard InChI is InChI=1S/C8H13N5O/c1-13-11-7(10-12-13)5-6-3-2-4-9-8(6)14/h6H,2-5H2,1H3,(H,9,14). The molecule has 1 saturated heterocycles. The van der Waals surface area contributed by atoms with Gasteiger partial charge in [-0.05, 0) is 18.1 Å². The van der Waals surface area contributed by atoms with E-state index in [0.717, 1.165) is 19.4 Å². The molecule has 76 valence electrons. The molecule has 1 aliphatic rings. The summed E-state index contributed by atoms with van der Waals surface area (Å²) >= 11 is 0. The van der Waals surface area contributed by atoms with Crippen LogP contribution in [0.2, 0.25) is 0 Å². The average molecular weight is 195 g/mol. The van der Waals surface area contributed by atoms with E-state index in [0.29, 0.717) is 12.2 Å². The molecule has 1 amide bonds. The van der Waals surface area contributed by atoms with E-state index >= 15 is 0 Å². The molecule has 6 nitrogen and oxygen atoms in total. The topological polar surface area (TPSA) is 72.7 Å². The van der Waals surface area contributed by atoms with Crippen molar-refractivity contribution in [3.63, 3.8) is 0 Å². The summed E-state index contributed by atoms with van der Waals surface area (Å²) in [5.74, 6) is 0.784. The van der Waals surface area contributed by atoms with Crippen molar-refractivity contribution in [3.8, 4) is 0 Å². The molecule has 1 unspecified atom stereocenters. The van der Waals surface area contributed by atoms with Crippen LogP contribution in [-0.2, 0) is 18.3 Å². The molecule has 0 saturated carbocycles. The zero-order valence-corrected chi connectivity index (χ0v) is 8.10. The third-order valence-electron chi connectivity index (χ3n) is 2.38. The minimum atomic E-state index is 0.0212. The summed E-state index contributed by atoms with van der Waals surface area (Å²) in [5, 5.41) is 14.5. The summed E-state index contributed by atoms with van der Waals surface area (Å²) < 4.78 is 0. The molecule has 1 atom stereocenters. The van der Waals surface area contributed by atoms with Gasteiger partial charge in [-0.3, -0.25) is 4.79 Å². The van der Waals surface area contributed by atoms with Crippen LogP contribution in [0.15, 0.2) is 0 Å². The number of tetrazole rings is 1. The van der Waals surface area contributed by atoms with Gasteiger partial charge in [-0.25, -0.2) is 0 Å². The van der Waals surface area contributed by atoms with Crippen molar-refractivity contribution >= 4 is 5.91 Å². The van der Waals surface area contributed by atoms with Gasteiger partial charge in [-0.15, -0.1) is 10.2 Å². The van der Waals surface area contributed by atoms with Gasteiger partial charge >= 0.3 is 0 Å². The molecule has 1 aliphatic heterocycles. The maximum atomic E-state index is 11.4. The van der Waals surface area contributed by atoms with Gasteiger partial charge in [0.2, 0.25) is 5.91 Å². The summed E-state index contributed by atoms with van der Waals surface area (Å²) in [6, 6.07) is 0. The van der Waals surface area contributed by atoms with Crippen molar-refractivity contribution in [2.45, 2.75) is 19.3 Å². The number of nitrogens with zero attached hydrogens (tertiary/aromatic N) is 4. The predicted octanol–water partition coefficient (Wildman–Crippen LogP) is -0.721. The average Bonchev–Trinajstić information content (AvgIpc) is 2.56. The van der Waals surface area contributed by atoms with Gasteiger partial charge in [0.1, 0.15) is 0 Å². The van der Waals surface area contributed by atoms with Crippen LogP contribution in [-0.4, -0.2) is 32.7 Å². The highest BCUT2D eigenvalue weighted by atomic mass is 16.1. The molecule has 1 aromatic heterocycles. The molecular weight excluding hydrogens is 182 g/mol. The Hall–Kier alpha value is -1.46. The number of nitrogens with one attached hydrogen (secondary N) is 1. The number of piperidine rings is 1. The molecule has 0 aromatic carbocycles. The maximum absolute atomic E-state index is 11.4. The van der Waals surface area contributed by atoms with Gasteiger partial charge < -0.3 is 5.32 Å². The molecular formula is C8H13N5O. The van der Waals surface area contributed by atoms with E-state index in [1.54, 1.807) is 7.05 Å². The lowest BCUT2D eigenvalue weighted by Crippen LogP contribution is -2.37. The highest BCUT2D eigenvalue weighted by Gasteiger charge is 2.23. The number of carbonyl (C=O) groups excluding carboxylic acids is 1. The lowest BCUT2D eigenvalue weighted by Gasteiger charge is -2.20. The van der Waals surface area contributed by atoms with Crippen LogP contribution in [0.25, 0.3) is 0 Å². The summed E-state index contributed by atoms with van der Waals surface area (Å²) in [5.41, 5.74) is 0. The Kier molecular flexibility index (Phi) is 2.43. The van der Waals surface area contributed by atoms with E-state index in [4.69, 9.17) is 0 Å². The largest absolute Gasteiger partial charge is 0.356 e. The first kappa shape index (κ1) is 9.11. The number of rotatable bonds is 2. The molecule has 1 aromatic rings. The van der Waals surface area contributed by atoms with Crippen LogP contribution in [0.5, 0.6) is 0 Å². The third kappa shape index (κ3) is 1.89. The molecule has 1 fully saturated rings. The highest BCUT2D eigenvalue weighted by molar-refractivity contribution is 5.79. The second kappa shape index (κ2) is 3.73. The van der Waals surface area contributed by atoms with E-state index in [1.807, 2.05) is 0 Å². The van der Waals surface area contributed by atoms with Gasteiger partial charge in [-0.1, -0.05) is 0 Å². The Labute approximate surface area is 81.7 Å². The van der Waals surface area contributed by atoms with E-state index < -0.39 is 0 Å².